The fraction of sp³-hybridized carbons (Fsp3) is 0.368. The molecule has 0 bridgehead atoms. The molecule has 11 heteroatoms. The monoisotopic (exact) mass is 485 g/mol. The number of carbonyl (C=O) groups is 2. The van der Waals surface area contributed by atoms with E-state index in [1.165, 1.54) is 11.1 Å². The van der Waals surface area contributed by atoms with Gasteiger partial charge in [-0.2, -0.15) is 13.2 Å². The van der Waals surface area contributed by atoms with E-state index in [-0.39, 0.29) is 29.4 Å². The van der Waals surface area contributed by atoms with Crippen LogP contribution < -0.4 is 10.6 Å². The summed E-state index contributed by atoms with van der Waals surface area (Å²) in [6.45, 7) is 0.929. The summed E-state index contributed by atoms with van der Waals surface area (Å²) in [5, 5.41) is 0. The molecule has 160 valence electrons. The zero-order valence-corrected chi connectivity index (χ0v) is 17.4. The first kappa shape index (κ1) is 22.2. The van der Waals surface area contributed by atoms with Crippen molar-refractivity contribution in [2.24, 2.45) is 0 Å². The van der Waals surface area contributed by atoms with Crippen molar-refractivity contribution in [1.82, 2.24) is 14.9 Å². The van der Waals surface area contributed by atoms with Crippen LogP contribution in [0.25, 0.3) is 0 Å². The Morgan fingerprint density at radius 2 is 1.93 bits per heavy atom. The van der Waals surface area contributed by atoms with E-state index in [9.17, 15) is 22.8 Å². The molecule has 0 amide bonds. The number of nitrogens with two attached hydrogens (primary N) is 1. The first-order valence-corrected chi connectivity index (χ1v) is 9.94. The minimum absolute atomic E-state index is 0.0927. The number of alkyl halides is 3. The fourth-order valence-corrected chi connectivity index (χ4v) is 3.48. The number of aromatic nitrogens is 2. The summed E-state index contributed by atoms with van der Waals surface area (Å²) in [5.74, 6) is -1.50. The number of Topliss-reactive ketones (excluding diaryl/α,β-unsaturated/α-hetero) is 1. The second-order valence-corrected chi connectivity index (χ2v) is 7.75. The number of halogens is 4. The predicted octanol–water partition coefficient (Wildman–Crippen LogP) is 2.70. The second kappa shape index (κ2) is 9.09. The van der Waals surface area contributed by atoms with Crippen molar-refractivity contribution in [2.45, 2.75) is 12.6 Å². The molecule has 1 aliphatic heterocycles. The number of nitrogens with zero attached hydrogens (tertiary/aromatic N) is 4. The largest absolute Gasteiger partial charge is 0.451 e. The van der Waals surface area contributed by atoms with Crippen LogP contribution in [0.3, 0.4) is 0 Å². The normalized spacial score (nSPS) is 15.7. The van der Waals surface area contributed by atoms with Gasteiger partial charge in [-0.15, -0.1) is 0 Å². The molecular weight excluding hydrogens is 467 g/mol. The number of carbonyl (C=O) groups excluding carboxylic acids is 2. The minimum atomic E-state index is -4.83. The van der Waals surface area contributed by atoms with Crippen molar-refractivity contribution >= 4 is 39.1 Å². The molecule has 0 aromatic carbocycles. The molecule has 0 radical (unpaired) electrons. The highest BCUT2D eigenvalue weighted by molar-refractivity contribution is 9.10. The predicted molar refractivity (Wildman–Crippen MR) is 108 cm³/mol. The molecule has 3 heterocycles. The van der Waals surface area contributed by atoms with Gasteiger partial charge in [-0.3, -0.25) is 14.5 Å². The summed E-state index contributed by atoms with van der Waals surface area (Å²) in [5.41, 5.74) is 6.22. The van der Waals surface area contributed by atoms with Crippen molar-refractivity contribution < 1.29 is 22.8 Å². The van der Waals surface area contributed by atoms with Crippen LogP contribution in [0.1, 0.15) is 22.5 Å². The average molecular weight is 486 g/mol. The van der Waals surface area contributed by atoms with Gasteiger partial charge in [0.15, 0.2) is 0 Å². The van der Waals surface area contributed by atoms with Gasteiger partial charge in [0.1, 0.15) is 17.3 Å². The van der Waals surface area contributed by atoms with Crippen LogP contribution in [0.2, 0.25) is 0 Å². The van der Waals surface area contributed by atoms with Crippen LogP contribution in [-0.2, 0) is 4.79 Å². The van der Waals surface area contributed by atoms with Crippen LogP contribution in [-0.4, -0.2) is 65.3 Å². The number of nitrogen functional groups attached to an aromatic ring is 1. The second-order valence-electron chi connectivity index (χ2n) is 6.83. The highest BCUT2D eigenvalue weighted by atomic mass is 79.9. The maximum Gasteiger partial charge on any atom is 0.451 e. The fourth-order valence-electron chi connectivity index (χ4n) is 3.15. The summed E-state index contributed by atoms with van der Waals surface area (Å²) in [4.78, 5) is 35.8. The zero-order chi connectivity index (χ0) is 21.9. The Morgan fingerprint density at radius 3 is 2.67 bits per heavy atom. The molecule has 3 rings (SSSR count). The molecule has 1 saturated heterocycles. The molecular formula is C19H19BrF3N5O2. The molecule has 0 unspecified atom stereocenters. The van der Waals surface area contributed by atoms with Crippen molar-refractivity contribution in [3.8, 4) is 0 Å². The highest BCUT2D eigenvalue weighted by Crippen LogP contribution is 2.21. The van der Waals surface area contributed by atoms with Crippen LogP contribution in [0.15, 0.2) is 34.9 Å². The van der Waals surface area contributed by atoms with Crippen LogP contribution >= 0.6 is 15.9 Å². The number of pyridine rings is 2. The first-order valence-electron chi connectivity index (χ1n) is 9.15. The number of anilines is 2. The van der Waals surface area contributed by atoms with E-state index < -0.39 is 18.5 Å². The van der Waals surface area contributed by atoms with Crippen LogP contribution in [0.4, 0.5) is 24.8 Å². The molecule has 7 nitrogen and oxygen atoms in total. The van der Waals surface area contributed by atoms with Gasteiger partial charge in [0.25, 0.3) is 0 Å². The Labute approximate surface area is 179 Å². The first-order chi connectivity index (χ1) is 14.1. The number of rotatable bonds is 5. The van der Waals surface area contributed by atoms with Crippen molar-refractivity contribution in [1.29, 1.82) is 0 Å². The SMILES string of the molecule is Nc1ncc(Br)cc1C(=O)c1cccc(N2CCCN(CC(=O)C(F)(F)F)CC2)n1. The summed E-state index contributed by atoms with van der Waals surface area (Å²) in [6.07, 6.45) is -2.78. The summed E-state index contributed by atoms with van der Waals surface area (Å²) >= 11 is 3.26. The maximum atomic E-state index is 12.8. The van der Waals surface area contributed by atoms with E-state index in [1.54, 1.807) is 24.3 Å². The lowest BCUT2D eigenvalue weighted by Crippen LogP contribution is -2.39. The van der Waals surface area contributed by atoms with Crippen molar-refractivity contribution in [2.75, 3.05) is 43.4 Å². The van der Waals surface area contributed by atoms with Gasteiger partial charge >= 0.3 is 6.18 Å². The molecule has 1 aliphatic rings. The number of ketones is 2. The molecule has 2 aromatic rings. The third-order valence-electron chi connectivity index (χ3n) is 4.69. The lowest BCUT2D eigenvalue weighted by atomic mass is 10.1. The van der Waals surface area contributed by atoms with Crippen molar-refractivity contribution in [3.05, 3.63) is 46.2 Å². The molecule has 2 aromatic heterocycles. The molecule has 1 fully saturated rings. The Morgan fingerprint density at radius 1 is 1.17 bits per heavy atom. The topological polar surface area (TPSA) is 92.4 Å². The number of hydrogen-bond acceptors (Lipinski definition) is 7. The van der Waals surface area contributed by atoms with E-state index >= 15 is 0 Å². The lowest BCUT2D eigenvalue weighted by molar-refractivity contribution is -0.172. The molecule has 0 aliphatic carbocycles. The van der Waals surface area contributed by atoms with E-state index in [4.69, 9.17) is 5.73 Å². The third kappa shape index (κ3) is 5.33. The summed E-state index contributed by atoms with van der Waals surface area (Å²) in [7, 11) is 0. The van der Waals surface area contributed by atoms with E-state index in [2.05, 4.69) is 25.9 Å². The Balaban J connectivity index is 1.72. The summed E-state index contributed by atoms with van der Waals surface area (Å²) in [6, 6.07) is 6.56. The van der Waals surface area contributed by atoms with E-state index in [0.29, 0.717) is 36.3 Å². The molecule has 0 atom stereocenters. The zero-order valence-electron chi connectivity index (χ0n) is 15.8. The van der Waals surface area contributed by atoms with Crippen LogP contribution in [0.5, 0.6) is 0 Å². The quantitative estimate of drug-likeness (QED) is 0.650. The Bertz CT molecular complexity index is 954. The smallest absolute Gasteiger partial charge is 0.383 e. The summed E-state index contributed by atoms with van der Waals surface area (Å²) < 4.78 is 38.2. The van der Waals surface area contributed by atoms with Gasteiger partial charge in [-0.1, -0.05) is 6.07 Å². The lowest BCUT2D eigenvalue weighted by Gasteiger charge is -2.23. The van der Waals surface area contributed by atoms with Gasteiger partial charge in [-0.25, -0.2) is 9.97 Å². The van der Waals surface area contributed by atoms with Gasteiger partial charge in [0.2, 0.25) is 11.6 Å². The van der Waals surface area contributed by atoms with Gasteiger partial charge in [0, 0.05) is 36.8 Å². The minimum Gasteiger partial charge on any atom is -0.383 e. The van der Waals surface area contributed by atoms with Gasteiger partial charge in [0.05, 0.1) is 12.1 Å². The third-order valence-corrected chi connectivity index (χ3v) is 5.13. The molecule has 2 N–H and O–H groups in total. The standard InChI is InChI=1S/C19H19BrF3N5O2/c20-12-9-13(18(24)25-10-12)17(30)14-3-1-4-16(26-14)28-6-2-5-27(7-8-28)11-15(29)19(21,22)23/h1,3-4,9-10H,2,5-8,11H2,(H2,24,25). The molecule has 0 spiro atoms. The van der Waals surface area contributed by atoms with E-state index in [0.717, 1.165) is 0 Å². The molecule has 0 saturated carbocycles. The van der Waals surface area contributed by atoms with Gasteiger partial charge in [-0.05, 0) is 40.5 Å². The Kier molecular flexibility index (Phi) is 6.71. The molecule has 30 heavy (non-hydrogen) atoms. The highest BCUT2D eigenvalue weighted by Gasteiger charge is 2.39. The van der Waals surface area contributed by atoms with Crippen molar-refractivity contribution in [3.63, 3.8) is 0 Å². The number of hydrogen-bond donors (Lipinski definition) is 1. The van der Waals surface area contributed by atoms with Gasteiger partial charge < -0.3 is 10.6 Å². The maximum absolute atomic E-state index is 12.8. The average Bonchev–Trinajstić information content (AvgIpc) is 2.94. The van der Waals surface area contributed by atoms with E-state index in [1.807, 2.05) is 4.90 Å². The Hall–Kier alpha value is -2.53. The van der Waals surface area contributed by atoms with Crippen LogP contribution in [0, 0.1) is 0 Å².